The number of nitrogens with one attached hydrogen (secondary N) is 1. The van der Waals surface area contributed by atoms with Gasteiger partial charge in [0.15, 0.2) is 0 Å². The molecule has 6 heteroatoms. The first kappa shape index (κ1) is 18.2. The van der Waals surface area contributed by atoms with E-state index in [9.17, 15) is 9.59 Å². The molecule has 3 N–H and O–H groups in total. The van der Waals surface area contributed by atoms with Gasteiger partial charge < -0.3 is 15.2 Å². The van der Waals surface area contributed by atoms with Crippen molar-refractivity contribution in [3.63, 3.8) is 0 Å². The van der Waals surface area contributed by atoms with Gasteiger partial charge in [0, 0.05) is 30.0 Å². The van der Waals surface area contributed by atoms with Crippen molar-refractivity contribution in [1.29, 1.82) is 0 Å². The number of carboxylic acid groups (broad SMARTS) is 2. The zero-order chi connectivity index (χ0) is 17.4. The number of hydrogen-bond donors (Lipinski definition) is 3. The third-order valence-electron chi connectivity index (χ3n) is 3.47. The molecule has 0 bridgehead atoms. The molecule has 6 nitrogen and oxygen atoms in total. The smallest absolute Gasteiger partial charge is 0.328 e. The zero-order valence-corrected chi connectivity index (χ0v) is 13.3. The minimum atomic E-state index is -1.26. The maximum atomic E-state index is 9.55. The molecule has 2 aromatic rings. The van der Waals surface area contributed by atoms with Gasteiger partial charge in [-0.2, -0.15) is 0 Å². The molecule has 23 heavy (non-hydrogen) atoms. The topological polar surface area (TPSA) is 103 Å². The van der Waals surface area contributed by atoms with E-state index >= 15 is 0 Å². The molecule has 0 amide bonds. The van der Waals surface area contributed by atoms with Crippen LogP contribution < -0.4 is 0 Å². The summed E-state index contributed by atoms with van der Waals surface area (Å²) in [6, 6.07) is 6.46. The van der Waals surface area contributed by atoms with Crippen LogP contribution in [0.25, 0.3) is 0 Å². The number of aromatic amines is 1. The molecule has 122 valence electrons. The Bertz CT molecular complexity index is 675. The molecule has 0 aliphatic rings. The van der Waals surface area contributed by atoms with Crippen LogP contribution in [0.3, 0.4) is 0 Å². The first-order chi connectivity index (χ1) is 10.8. The monoisotopic (exact) mass is 316 g/mol. The Balaban J connectivity index is 0.000000284. The number of H-pyrrole nitrogens is 1. The van der Waals surface area contributed by atoms with Crippen LogP contribution in [-0.4, -0.2) is 32.1 Å². The minimum Gasteiger partial charge on any atom is -0.478 e. The fourth-order valence-corrected chi connectivity index (χ4v) is 2.06. The SMILES string of the molecule is Cc1cccc([C@H](C)c2cnc[nH]2)c1C.O=C(O)/C=C\C(=O)O. The van der Waals surface area contributed by atoms with Gasteiger partial charge in [0.1, 0.15) is 0 Å². The van der Waals surface area contributed by atoms with Crippen molar-refractivity contribution in [2.45, 2.75) is 26.7 Å². The molecule has 0 fully saturated rings. The van der Waals surface area contributed by atoms with E-state index < -0.39 is 11.9 Å². The maximum absolute atomic E-state index is 9.55. The molecular weight excluding hydrogens is 296 g/mol. The first-order valence-electron chi connectivity index (χ1n) is 7.01. The van der Waals surface area contributed by atoms with Crippen LogP contribution in [-0.2, 0) is 9.59 Å². The molecule has 0 unspecified atom stereocenters. The van der Waals surface area contributed by atoms with E-state index in [0.717, 1.165) is 0 Å². The Kier molecular flexibility index (Phi) is 6.73. The Morgan fingerprint density at radius 2 is 1.78 bits per heavy atom. The molecule has 0 aliphatic carbocycles. The van der Waals surface area contributed by atoms with Crippen LogP contribution >= 0.6 is 0 Å². The largest absolute Gasteiger partial charge is 0.478 e. The van der Waals surface area contributed by atoms with Crippen LogP contribution in [0.4, 0.5) is 0 Å². The van der Waals surface area contributed by atoms with Crippen LogP contribution in [0.2, 0.25) is 0 Å². The predicted octanol–water partition coefficient (Wildman–Crippen LogP) is 2.89. The van der Waals surface area contributed by atoms with Crippen LogP contribution in [0, 0.1) is 13.8 Å². The van der Waals surface area contributed by atoms with Crippen LogP contribution in [0.5, 0.6) is 0 Å². The highest BCUT2D eigenvalue weighted by Crippen LogP contribution is 2.26. The van der Waals surface area contributed by atoms with Crippen molar-refractivity contribution in [2.24, 2.45) is 0 Å². The number of carboxylic acids is 2. The summed E-state index contributed by atoms with van der Waals surface area (Å²) >= 11 is 0. The highest BCUT2D eigenvalue weighted by Gasteiger charge is 2.12. The number of carbonyl (C=O) groups is 2. The predicted molar refractivity (Wildman–Crippen MR) is 86.4 cm³/mol. The second-order valence-corrected chi connectivity index (χ2v) is 5.03. The molecule has 1 atom stereocenters. The molecular formula is C17H20N2O4. The minimum absolute atomic E-state index is 0.382. The van der Waals surface area contributed by atoms with Crippen molar-refractivity contribution in [1.82, 2.24) is 9.97 Å². The normalized spacial score (nSPS) is 11.6. The molecule has 0 saturated carbocycles. The fourth-order valence-electron chi connectivity index (χ4n) is 2.06. The second-order valence-electron chi connectivity index (χ2n) is 5.03. The lowest BCUT2D eigenvalue weighted by Crippen LogP contribution is -2.00. The van der Waals surface area contributed by atoms with Crippen LogP contribution in [0.15, 0.2) is 42.9 Å². The lowest BCUT2D eigenvalue weighted by atomic mass is 9.92. The van der Waals surface area contributed by atoms with Gasteiger partial charge in [-0.3, -0.25) is 0 Å². The number of nitrogens with zero attached hydrogens (tertiary/aromatic N) is 1. The van der Waals surface area contributed by atoms with Gasteiger partial charge in [0.05, 0.1) is 6.33 Å². The lowest BCUT2D eigenvalue weighted by molar-refractivity contribution is -0.134. The van der Waals surface area contributed by atoms with E-state index in [0.29, 0.717) is 18.1 Å². The van der Waals surface area contributed by atoms with Crippen molar-refractivity contribution >= 4 is 11.9 Å². The Labute approximate surface area is 134 Å². The third-order valence-corrected chi connectivity index (χ3v) is 3.47. The number of aliphatic carboxylic acids is 2. The Morgan fingerprint density at radius 3 is 2.26 bits per heavy atom. The Hall–Kier alpha value is -2.89. The average Bonchev–Trinajstić information content (AvgIpc) is 3.02. The summed E-state index contributed by atoms with van der Waals surface area (Å²) in [6.45, 7) is 6.53. The van der Waals surface area contributed by atoms with Gasteiger partial charge in [0.25, 0.3) is 0 Å². The third kappa shape index (κ3) is 5.78. The first-order valence-corrected chi connectivity index (χ1v) is 7.01. The van der Waals surface area contributed by atoms with E-state index in [4.69, 9.17) is 10.2 Å². The zero-order valence-electron chi connectivity index (χ0n) is 13.3. The van der Waals surface area contributed by atoms with Gasteiger partial charge >= 0.3 is 11.9 Å². The number of aryl methyl sites for hydroxylation is 1. The standard InChI is InChI=1S/C13H16N2.C4H4O4/c1-9-5-4-6-12(10(9)2)11(3)13-7-14-8-15-13;5-3(6)1-2-4(7)8/h4-8,11H,1-3H3,(H,14,15);1-2H,(H,5,6)(H,7,8)/b;2-1-/t11-;/m0./s1. The van der Waals surface area contributed by atoms with E-state index in [2.05, 4.69) is 48.9 Å². The molecule has 1 heterocycles. The van der Waals surface area contributed by atoms with E-state index in [1.54, 1.807) is 6.33 Å². The summed E-state index contributed by atoms with van der Waals surface area (Å²) in [5.74, 6) is -2.13. The summed E-state index contributed by atoms with van der Waals surface area (Å²) in [5.41, 5.74) is 5.27. The highest BCUT2D eigenvalue weighted by molar-refractivity contribution is 5.89. The number of benzene rings is 1. The molecule has 0 saturated heterocycles. The summed E-state index contributed by atoms with van der Waals surface area (Å²) in [5, 5.41) is 15.6. The van der Waals surface area contributed by atoms with Crippen molar-refractivity contribution in [2.75, 3.05) is 0 Å². The fraction of sp³-hybridized carbons (Fsp3) is 0.235. The van der Waals surface area contributed by atoms with Gasteiger partial charge in [-0.1, -0.05) is 25.1 Å². The van der Waals surface area contributed by atoms with Gasteiger partial charge in [-0.05, 0) is 30.5 Å². The molecule has 0 spiro atoms. The summed E-state index contributed by atoms with van der Waals surface area (Å²) in [4.78, 5) is 26.3. The van der Waals surface area contributed by atoms with E-state index in [1.165, 1.54) is 22.4 Å². The van der Waals surface area contributed by atoms with Gasteiger partial charge in [0.2, 0.25) is 0 Å². The maximum Gasteiger partial charge on any atom is 0.328 e. The number of imidazole rings is 1. The Morgan fingerprint density at radius 1 is 1.17 bits per heavy atom. The molecule has 1 aromatic heterocycles. The summed E-state index contributed by atoms with van der Waals surface area (Å²) < 4.78 is 0. The molecule has 0 aliphatic heterocycles. The number of aromatic nitrogens is 2. The van der Waals surface area contributed by atoms with Gasteiger partial charge in [-0.25, -0.2) is 14.6 Å². The quantitative estimate of drug-likeness (QED) is 0.752. The van der Waals surface area contributed by atoms with E-state index in [1.807, 2.05) is 6.20 Å². The molecule has 1 aromatic carbocycles. The average molecular weight is 316 g/mol. The van der Waals surface area contributed by atoms with Crippen molar-refractivity contribution < 1.29 is 19.8 Å². The highest BCUT2D eigenvalue weighted by atomic mass is 16.4. The van der Waals surface area contributed by atoms with Gasteiger partial charge in [-0.15, -0.1) is 0 Å². The van der Waals surface area contributed by atoms with Crippen LogP contribution in [0.1, 0.15) is 35.2 Å². The summed E-state index contributed by atoms with van der Waals surface area (Å²) in [7, 11) is 0. The lowest BCUT2D eigenvalue weighted by Gasteiger charge is -2.14. The number of hydrogen-bond acceptors (Lipinski definition) is 3. The second kappa shape index (κ2) is 8.53. The van der Waals surface area contributed by atoms with E-state index in [-0.39, 0.29) is 0 Å². The summed E-state index contributed by atoms with van der Waals surface area (Å²) in [6.07, 6.45) is 4.74. The molecule has 0 radical (unpaired) electrons. The van der Waals surface area contributed by atoms with Crippen molar-refractivity contribution in [3.8, 4) is 0 Å². The van der Waals surface area contributed by atoms with Crippen molar-refractivity contribution in [3.05, 3.63) is 65.3 Å². The number of rotatable bonds is 4. The molecule has 2 rings (SSSR count).